The van der Waals surface area contributed by atoms with E-state index in [-0.39, 0.29) is 5.41 Å². The lowest BCUT2D eigenvalue weighted by Crippen LogP contribution is -2.32. The molecule has 1 heteroatoms. The summed E-state index contributed by atoms with van der Waals surface area (Å²) in [7, 11) is 0. The minimum atomic E-state index is 0.289. The topological polar surface area (TPSA) is 12.0 Å². The van der Waals surface area contributed by atoms with E-state index in [1.165, 1.54) is 35.1 Å². The molecule has 0 aliphatic heterocycles. The van der Waals surface area contributed by atoms with Gasteiger partial charge >= 0.3 is 0 Å². The Kier molecular flexibility index (Phi) is 3.86. The van der Waals surface area contributed by atoms with Crippen molar-refractivity contribution in [3.63, 3.8) is 0 Å². The maximum Gasteiger partial charge on any atom is 0.0420 e. The van der Waals surface area contributed by atoms with Gasteiger partial charge in [-0.05, 0) is 49.9 Å². The molecule has 0 radical (unpaired) electrons. The van der Waals surface area contributed by atoms with Crippen LogP contribution in [-0.2, 0) is 5.41 Å². The number of aryl methyl sites for hydroxylation is 2. The van der Waals surface area contributed by atoms with Gasteiger partial charge in [0.1, 0.15) is 0 Å². The molecule has 1 N–H and O–H groups in total. The van der Waals surface area contributed by atoms with Crippen molar-refractivity contribution in [1.29, 1.82) is 0 Å². The van der Waals surface area contributed by atoms with Crippen molar-refractivity contribution in [2.45, 2.75) is 45.1 Å². The molecule has 3 rings (SSSR count). The molecule has 1 aliphatic carbocycles. The van der Waals surface area contributed by atoms with Gasteiger partial charge in [-0.2, -0.15) is 0 Å². The van der Waals surface area contributed by atoms with Crippen LogP contribution in [0.5, 0.6) is 0 Å². The van der Waals surface area contributed by atoms with E-state index >= 15 is 0 Å². The predicted octanol–water partition coefficient (Wildman–Crippen LogP) is 4.69. The van der Waals surface area contributed by atoms with Gasteiger partial charge in [-0.25, -0.2) is 0 Å². The quantitative estimate of drug-likeness (QED) is 0.837. The van der Waals surface area contributed by atoms with Crippen molar-refractivity contribution < 1.29 is 0 Å². The Balaban J connectivity index is 2.02. The second-order valence-corrected chi connectivity index (χ2v) is 6.37. The first kappa shape index (κ1) is 14.3. The van der Waals surface area contributed by atoms with Gasteiger partial charge in [0.25, 0.3) is 0 Å². The van der Waals surface area contributed by atoms with E-state index in [0.717, 1.165) is 6.54 Å². The third kappa shape index (κ3) is 2.63. The fourth-order valence-corrected chi connectivity index (χ4v) is 3.61. The summed E-state index contributed by atoms with van der Waals surface area (Å²) in [5.41, 5.74) is 5.98. The predicted molar refractivity (Wildman–Crippen MR) is 89.7 cm³/mol. The van der Waals surface area contributed by atoms with E-state index < -0.39 is 0 Å². The van der Waals surface area contributed by atoms with Crippen LogP contribution in [0.1, 0.15) is 48.1 Å². The number of hydrogen-bond donors (Lipinski definition) is 1. The van der Waals surface area contributed by atoms with Crippen LogP contribution in [0.15, 0.2) is 48.5 Å². The monoisotopic (exact) mass is 279 g/mol. The average molecular weight is 279 g/mol. The lowest BCUT2D eigenvalue weighted by Gasteiger charge is -2.30. The Bertz CT molecular complexity index is 611. The number of benzene rings is 2. The van der Waals surface area contributed by atoms with Crippen LogP contribution in [0.25, 0.3) is 0 Å². The van der Waals surface area contributed by atoms with Crippen molar-refractivity contribution in [3.8, 4) is 0 Å². The van der Waals surface area contributed by atoms with Gasteiger partial charge in [0.05, 0.1) is 0 Å². The van der Waals surface area contributed by atoms with Crippen LogP contribution in [0.2, 0.25) is 0 Å². The van der Waals surface area contributed by atoms with Gasteiger partial charge in [-0.1, -0.05) is 61.0 Å². The maximum absolute atomic E-state index is 3.76. The van der Waals surface area contributed by atoms with E-state index in [1.54, 1.807) is 0 Å². The third-order valence-corrected chi connectivity index (χ3v) is 4.83. The van der Waals surface area contributed by atoms with Gasteiger partial charge in [0, 0.05) is 11.5 Å². The summed E-state index contributed by atoms with van der Waals surface area (Å²) in [5, 5.41) is 3.76. The summed E-state index contributed by atoms with van der Waals surface area (Å²) >= 11 is 0. The van der Waals surface area contributed by atoms with Gasteiger partial charge in [-0.15, -0.1) is 0 Å². The molecule has 2 aromatic carbocycles. The number of nitrogens with one attached hydrogen (secondary N) is 1. The molecule has 110 valence electrons. The van der Waals surface area contributed by atoms with E-state index in [4.69, 9.17) is 0 Å². The molecular formula is C20H25N. The highest BCUT2D eigenvalue weighted by Crippen LogP contribution is 2.56. The molecule has 1 fully saturated rings. The molecule has 0 bridgehead atoms. The van der Waals surface area contributed by atoms with E-state index in [1.807, 2.05) is 0 Å². The highest BCUT2D eigenvalue weighted by atomic mass is 14.9. The molecule has 2 aromatic rings. The van der Waals surface area contributed by atoms with Gasteiger partial charge < -0.3 is 5.32 Å². The first-order valence-electron chi connectivity index (χ1n) is 8.03. The third-order valence-electron chi connectivity index (χ3n) is 4.83. The summed E-state index contributed by atoms with van der Waals surface area (Å²) in [6.45, 7) is 7.63. The van der Waals surface area contributed by atoms with Crippen molar-refractivity contribution in [3.05, 3.63) is 70.8 Å². The zero-order chi connectivity index (χ0) is 14.9. The van der Waals surface area contributed by atoms with Crippen molar-refractivity contribution in [1.82, 2.24) is 5.32 Å². The highest BCUT2D eigenvalue weighted by Gasteiger charge is 2.51. The highest BCUT2D eigenvalue weighted by molar-refractivity contribution is 5.42. The molecule has 1 nitrogen and oxygen atoms in total. The molecule has 0 spiro atoms. The first-order chi connectivity index (χ1) is 10.2. The molecule has 1 aliphatic rings. The molecular weight excluding hydrogens is 254 g/mol. The Hall–Kier alpha value is -1.60. The van der Waals surface area contributed by atoms with Crippen LogP contribution in [0.4, 0.5) is 0 Å². The number of likely N-dealkylation sites (N-methyl/N-ethyl adjacent to an activating group) is 1. The van der Waals surface area contributed by atoms with Crippen molar-refractivity contribution >= 4 is 0 Å². The number of rotatable bonds is 5. The van der Waals surface area contributed by atoms with Gasteiger partial charge in [0.2, 0.25) is 0 Å². The second-order valence-electron chi connectivity index (χ2n) is 6.37. The Morgan fingerprint density at radius 1 is 1.05 bits per heavy atom. The minimum absolute atomic E-state index is 0.289. The van der Waals surface area contributed by atoms with E-state index in [2.05, 4.69) is 74.6 Å². The lowest BCUT2D eigenvalue weighted by atomic mass is 9.82. The smallest absolute Gasteiger partial charge is 0.0420 e. The van der Waals surface area contributed by atoms with Crippen molar-refractivity contribution in [2.75, 3.05) is 6.54 Å². The molecule has 0 saturated heterocycles. The van der Waals surface area contributed by atoms with Crippen LogP contribution < -0.4 is 5.32 Å². The first-order valence-corrected chi connectivity index (χ1v) is 8.03. The molecule has 1 atom stereocenters. The molecule has 0 amide bonds. The fraction of sp³-hybridized carbons (Fsp3) is 0.400. The summed E-state index contributed by atoms with van der Waals surface area (Å²) in [5.74, 6) is 0. The Labute approximate surface area is 128 Å². The standard InChI is InChI=1S/C20H25N/c1-4-21-19(18-11-10-15(2)14-16(18)3)20(12-13-20)17-8-6-5-7-9-17/h5-11,14,19,21H,4,12-13H2,1-3H3. The molecule has 21 heavy (non-hydrogen) atoms. The normalized spacial score (nSPS) is 17.5. The molecule has 0 aromatic heterocycles. The minimum Gasteiger partial charge on any atom is -0.309 e. The van der Waals surface area contributed by atoms with E-state index in [9.17, 15) is 0 Å². The zero-order valence-electron chi connectivity index (χ0n) is 13.3. The fourth-order valence-electron chi connectivity index (χ4n) is 3.61. The molecule has 1 saturated carbocycles. The van der Waals surface area contributed by atoms with Crippen LogP contribution in [0, 0.1) is 13.8 Å². The summed E-state index contributed by atoms with van der Waals surface area (Å²) in [6, 6.07) is 18.3. The van der Waals surface area contributed by atoms with Gasteiger partial charge in [0.15, 0.2) is 0 Å². The average Bonchev–Trinajstić information content (AvgIpc) is 3.28. The second kappa shape index (κ2) is 5.65. The number of hydrogen-bond acceptors (Lipinski definition) is 1. The summed E-state index contributed by atoms with van der Waals surface area (Å²) < 4.78 is 0. The molecule has 1 unspecified atom stereocenters. The van der Waals surface area contributed by atoms with Crippen LogP contribution >= 0.6 is 0 Å². The molecule has 0 heterocycles. The maximum atomic E-state index is 3.76. The Morgan fingerprint density at radius 3 is 2.33 bits per heavy atom. The SMILES string of the molecule is CCNC(c1ccc(C)cc1C)C1(c2ccccc2)CC1. The van der Waals surface area contributed by atoms with Crippen molar-refractivity contribution in [2.24, 2.45) is 0 Å². The lowest BCUT2D eigenvalue weighted by molar-refractivity contribution is 0.438. The largest absolute Gasteiger partial charge is 0.309 e. The van der Waals surface area contributed by atoms with E-state index in [0.29, 0.717) is 6.04 Å². The Morgan fingerprint density at radius 2 is 1.76 bits per heavy atom. The summed E-state index contributed by atoms with van der Waals surface area (Å²) in [6.07, 6.45) is 2.56. The summed E-state index contributed by atoms with van der Waals surface area (Å²) in [4.78, 5) is 0. The van der Waals surface area contributed by atoms with Crippen LogP contribution in [-0.4, -0.2) is 6.54 Å². The van der Waals surface area contributed by atoms with Gasteiger partial charge in [-0.3, -0.25) is 0 Å². The zero-order valence-corrected chi connectivity index (χ0v) is 13.3. The van der Waals surface area contributed by atoms with Crippen LogP contribution in [0.3, 0.4) is 0 Å².